The van der Waals surface area contributed by atoms with Crippen LogP contribution < -0.4 is 16.4 Å². The van der Waals surface area contributed by atoms with Crippen molar-refractivity contribution in [2.75, 3.05) is 26.9 Å². The van der Waals surface area contributed by atoms with E-state index in [9.17, 15) is 4.79 Å². The molecule has 0 saturated carbocycles. The molecule has 1 amide bonds. The number of carbonyl (C=O) groups excluding carboxylic acids is 1. The molecule has 106 valence electrons. The number of hydrogen-bond acceptors (Lipinski definition) is 3. The SMILES string of the molecule is CC.CNC.CNC(=O)c1c[nH]c2ccc(N)cc12. The lowest BCUT2D eigenvalue weighted by Crippen LogP contribution is -2.17. The molecule has 0 aliphatic heterocycles. The maximum atomic E-state index is 11.4. The van der Waals surface area contributed by atoms with Crippen molar-refractivity contribution in [3.8, 4) is 0 Å². The average molecular weight is 264 g/mol. The molecule has 5 nitrogen and oxygen atoms in total. The number of nitrogens with two attached hydrogens (primary N) is 1. The fourth-order valence-corrected chi connectivity index (χ4v) is 1.46. The Labute approximate surface area is 114 Å². The number of fused-ring (bicyclic) bond motifs is 1. The molecule has 1 heterocycles. The number of aromatic nitrogens is 1. The van der Waals surface area contributed by atoms with Crippen LogP contribution in [0.4, 0.5) is 5.69 Å². The maximum Gasteiger partial charge on any atom is 0.253 e. The summed E-state index contributed by atoms with van der Waals surface area (Å²) in [4.78, 5) is 14.4. The van der Waals surface area contributed by atoms with Crippen LogP contribution in [0.25, 0.3) is 10.9 Å². The van der Waals surface area contributed by atoms with E-state index in [0.29, 0.717) is 11.3 Å². The van der Waals surface area contributed by atoms with E-state index < -0.39 is 0 Å². The summed E-state index contributed by atoms with van der Waals surface area (Å²) in [6.45, 7) is 4.00. The van der Waals surface area contributed by atoms with Gasteiger partial charge in [-0.05, 0) is 32.3 Å². The summed E-state index contributed by atoms with van der Waals surface area (Å²) in [7, 11) is 5.35. The van der Waals surface area contributed by atoms with Crippen molar-refractivity contribution in [3.63, 3.8) is 0 Å². The Balaban J connectivity index is 0.000000573. The summed E-state index contributed by atoms with van der Waals surface area (Å²) < 4.78 is 0. The molecule has 5 heteroatoms. The zero-order valence-corrected chi connectivity index (χ0v) is 12.3. The number of H-pyrrole nitrogens is 1. The maximum absolute atomic E-state index is 11.4. The number of aromatic amines is 1. The highest BCUT2D eigenvalue weighted by atomic mass is 16.1. The Morgan fingerprint density at radius 3 is 2.32 bits per heavy atom. The average Bonchev–Trinajstić information content (AvgIpc) is 2.84. The van der Waals surface area contributed by atoms with Crippen LogP contribution in [0.15, 0.2) is 24.4 Å². The number of nitrogen functional groups attached to an aromatic ring is 1. The van der Waals surface area contributed by atoms with E-state index in [1.54, 1.807) is 25.4 Å². The van der Waals surface area contributed by atoms with Gasteiger partial charge in [0.2, 0.25) is 0 Å². The number of nitrogens with one attached hydrogen (secondary N) is 3. The standard InChI is InChI=1S/C10H11N3O.C2H7N.C2H6/c1-12-10(14)8-5-13-9-3-2-6(11)4-7(8)9;1-3-2;1-2/h2-5,13H,11H2,1H3,(H,12,14);3H,1-2H3;1-2H3. The number of anilines is 1. The van der Waals surface area contributed by atoms with Gasteiger partial charge in [-0.1, -0.05) is 13.8 Å². The highest BCUT2D eigenvalue weighted by molar-refractivity contribution is 6.07. The van der Waals surface area contributed by atoms with Crippen LogP contribution in [0.3, 0.4) is 0 Å². The molecule has 0 fully saturated rings. The van der Waals surface area contributed by atoms with Gasteiger partial charge in [-0.15, -0.1) is 0 Å². The summed E-state index contributed by atoms with van der Waals surface area (Å²) in [6.07, 6.45) is 1.68. The number of carbonyl (C=O) groups is 1. The van der Waals surface area contributed by atoms with Gasteiger partial charge in [0.05, 0.1) is 5.56 Å². The van der Waals surface area contributed by atoms with Crippen molar-refractivity contribution < 1.29 is 4.79 Å². The lowest BCUT2D eigenvalue weighted by atomic mass is 10.1. The second-order valence-corrected chi connectivity index (χ2v) is 3.59. The second-order valence-electron chi connectivity index (χ2n) is 3.59. The molecule has 0 aliphatic carbocycles. The third kappa shape index (κ3) is 4.63. The first-order valence-corrected chi connectivity index (χ1v) is 6.31. The lowest BCUT2D eigenvalue weighted by Gasteiger charge is -1.97. The van der Waals surface area contributed by atoms with Crippen molar-refractivity contribution in [2.24, 2.45) is 0 Å². The van der Waals surface area contributed by atoms with E-state index in [-0.39, 0.29) is 5.91 Å². The summed E-state index contributed by atoms with van der Waals surface area (Å²) in [5.41, 5.74) is 7.84. The molecule has 0 radical (unpaired) electrons. The smallest absolute Gasteiger partial charge is 0.253 e. The third-order valence-electron chi connectivity index (χ3n) is 2.18. The predicted octanol–water partition coefficient (Wildman–Crippen LogP) is 1.97. The highest BCUT2D eigenvalue weighted by Gasteiger charge is 2.09. The van der Waals surface area contributed by atoms with Gasteiger partial charge < -0.3 is 21.4 Å². The van der Waals surface area contributed by atoms with Crippen LogP contribution in [-0.4, -0.2) is 32.0 Å². The molecule has 1 aromatic heterocycles. The summed E-state index contributed by atoms with van der Waals surface area (Å²) in [6, 6.07) is 5.44. The Morgan fingerprint density at radius 2 is 1.79 bits per heavy atom. The zero-order chi connectivity index (χ0) is 14.8. The Kier molecular flexibility index (Phi) is 8.04. The van der Waals surface area contributed by atoms with E-state index in [4.69, 9.17) is 5.73 Å². The largest absolute Gasteiger partial charge is 0.399 e. The molecule has 2 rings (SSSR count). The third-order valence-corrected chi connectivity index (χ3v) is 2.18. The monoisotopic (exact) mass is 264 g/mol. The van der Waals surface area contributed by atoms with Crippen LogP contribution in [0.5, 0.6) is 0 Å². The van der Waals surface area contributed by atoms with Gasteiger partial charge in [0, 0.05) is 29.8 Å². The first-order chi connectivity index (χ1) is 9.13. The summed E-state index contributed by atoms with van der Waals surface area (Å²) in [5.74, 6) is -0.109. The molecular formula is C14H24N4O. The van der Waals surface area contributed by atoms with Gasteiger partial charge in [0.15, 0.2) is 0 Å². The minimum absolute atomic E-state index is 0.109. The molecule has 0 atom stereocenters. The molecule has 0 spiro atoms. The summed E-state index contributed by atoms with van der Waals surface area (Å²) >= 11 is 0. The van der Waals surface area contributed by atoms with Crippen molar-refractivity contribution >= 4 is 22.5 Å². The van der Waals surface area contributed by atoms with E-state index in [0.717, 1.165) is 10.9 Å². The normalized spacial score (nSPS) is 8.89. The molecule has 2 aromatic rings. The zero-order valence-electron chi connectivity index (χ0n) is 12.3. The van der Waals surface area contributed by atoms with Crippen molar-refractivity contribution in [1.82, 2.24) is 15.6 Å². The minimum Gasteiger partial charge on any atom is -0.399 e. The molecule has 0 bridgehead atoms. The molecular weight excluding hydrogens is 240 g/mol. The minimum atomic E-state index is -0.109. The molecule has 0 unspecified atom stereocenters. The Morgan fingerprint density at radius 1 is 1.21 bits per heavy atom. The molecule has 0 saturated heterocycles. The van der Waals surface area contributed by atoms with E-state index in [2.05, 4.69) is 15.6 Å². The fourth-order valence-electron chi connectivity index (χ4n) is 1.46. The van der Waals surface area contributed by atoms with Crippen LogP contribution in [0.1, 0.15) is 24.2 Å². The first-order valence-electron chi connectivity index (χ1n) is 6.31. The van der Waals surface area contributed by atoms with Gasteiger partial charge in [0.25, 0.3) is 5.91 Å². The number of benzene rings is 1. The lowest BCUT2D eigenvalue weighted by molar-refractivity contribution is 0.0965. The number of rotatable bonds is 1. The molecule has 0 aliphatic rings. The van der Waals surface area contributed by atoms with E-state index in [1.807, 2.05) is 34.0 Å². The Bertz CT molecular complexity index is 505. The van der Waals surface area contributed by atoms with E-state index in [1.165, 1.54) is 0 Å². The topological polar surface area (TPSA) is 82.9 Å². The van der Waals surface area contributed by atoms with Crippen molar-refractivity contribution in [2.45, 2.75) is 13.8 Å². The molecule has 1 aromatic carbocycles. The van der Waals surface area contributed by atoms with Crippen molar-refractivity contribution in [3.05, 3.63) is 30.0 Å². The van der Waals surface area contributed by atoms with Crippen LogP contribution in [0, 0.1) is 0 Å². The summed E-state index contributed by atoms with van der Waals surface area (Å²) in [5, 5.41) is 6.18. The van der Waals surface area contributed by atoms with Gasteiger partial charge in [-0.3, -0.25) is 4.79 Å². The molecule has 5 N–H and O–H groups in total. The van der Waals surface area contributed by atoms with Crippen LogP contribution in [-0.2, 0) is 0 Å². The van der Waals surface area contributed by atoms with Gasteiger partial charge in [-0.25, -0.2) is 0 Å². The highest BCUT2D eigenvalue weighted by Crippen LogP contribution is 2.20. The quantitative estimate of drug-likeness (QED) is 0.594. The number of hydrogen-bond donors (Lipinski definition) is 4. The van der Waals surface area contributed by atoms with Crippen LogP contribution >= 0.6 is 0 Å². The number of amides is 1. The fraction of sp³-hybridized carbons (Fsp3) is 0.357. The predicted molar refractivity (Wildman–Crippen MR) is 82.4 cm³/mol. The van der Waals surface area contributed by atoms with Crippen LogP contribution in [0.2, 0.25) is 0 Å². The van der Waals surface area contributed by atoms with E-state index >= 15 is 0 Å². The van der Waals surface area contributed by atoms with Gasteiger partial charge in [-0.2, -0.15) is 0 Å². The van der Waals surface area contributed by atoms with Crippen molar-refractivity contribution in [1.29, 1.82) is 0 Å². The first kappa shape index (κ1) is 17.0. The Hall–Kier alpha value is -2.01. The van der Waals surface area contributed by atoms with Gasteiger partial charge in [0.1, 0.15) is 0 Å². The molecule has 19 heavy (non-hydrogen) atoms. The van der Waals surface area contributed by atoms with Gasteiger partial charge >= 0.3 is 0 Å². The second kappa shape index (κ2) is 8.99.